The highest BCUT2D eigenvalue weighted by molar-refractivity contribution is 5.14. The van der Waals surface area contributed by atoms with Gasteiger partial charge in [-0.15, -0.1) is 0 Å². The first kappa shape index (κ1) is 12.6. The number of pyridine rings is 1. The molecule has 1 saturated carbocycles. The van der Waals surface area contributed by atoms with Gasteiger partial charge >= 0.3 is 0 Å². The largest absolute Gasteiger partial charge is 0.313 e. The maximum absolute atomic E-state index is 4.08. The van der Waals surface area contributed by atoms with Crippen molar-refractivity contribution in [3.63, 3.8) is 0 Å². The van der Waals surface area contributed by atoms with Gasteiger partial charge in [-0.05, 0) is 54.8 Å². The highest BCUT2D eigenvalue weighted by Crippen LogP contribution is 2.54. The van der Waals surface area contributed by atoms with Crippen LogP contribution in [0.25, 0.3) is 0 Å². The Bertz CT molecular complexity index is 345. The van der Waals surface area contributed by atoms with Gasteiger partial charge in [0, 0.05) is 18.4 Å². The molecule has 2 nitrogen and oxygen atoms in total. The van der Waals surface area contributed by atoms with Crippen molar-refractivity contribution in [1.82, 2.24) is 10.3 Å². The average Bonchev–Trinajstić information content (AvgIpc) is 2.95. The molecule has 2 atom stereocenters. The lowest BCUT2D eigenvalue weighted by molar-refractivity contribution is 0.402. The molecule has 1 aromatic rings. The van der Waals surface area contributed by atoms with E-state index in [-0.39, 0.29) is 0 Å². The first-order valence-electron chi connectivity index (χ1n) is 6.76. The van der Waals surface area contributed by atoms with Crippen LogP contribution in [0.2, 0.25) is 0 Å². The lowest BCUT2D eigenvalue weighted by Gasteiger charge is -2.20. The van der Waals surface area contributed by atoms with E-state index in [4.69, 9.17) is 0 Å². The molecule has 0 aliphatic heterocycles. The molecule has 1 fully saturated rings. The summed E-state index contributed by atoms with van der Waals surface area (Å²) in [4.78, 5) is 4.08. The highest BCUT2D eigenvalue weighted by Gasteiger charge is 2.49. The zero-order valence-corrected chi connectivity index (χ0v) is 11.2. The maximum Gasteiger partial charge on any atom is 0.0270 e. The molecule has 2 heteroatoms. The van der Waals surface area contributed by atoms with Gasteiger partial charge in [0.1, 0.15) is 0 Å². The number of nitrogens with one attached hydrogen (secondary N) is 1. The van der Waals surface area contributed by atoms with Gasteiger partial charge in [0.15, 0.2) is 0 Å². The van der Waals surface area contributed by atoms with Crippen LogP contribution in [0.4, 0.5) is 0 Å². The van der Waals surface area contributed by atoms with Crippen LogP contribution in [0.1, 0.15) is 39.2 Å². The summed E-state index contributed by atoms with van der Waals surface area (Å²) < 4.78 is 0. The van der Waals surface area contributed by atoms with Crippen molar-refractivity contribution in [2.75, 3.05) is 6.54 Å². The van der Waals surface area contributed by atoms with Crippen LogP contribution in [-0.2, 0) is 6.42 Å². The van der Waals surface area contributed by atoms with E-state index in [1.165, 1.54) is 18.4 Å². The second-order valence-electron chi connectivity index (χ2n) is 5.92. The number of hydrogen-bond acceptors (Lipinski definition) is 2. The fraction of sp³-hybridized carbons (Fsp3) is 0.667. The zero-order chi connectivity index (χ0) is 12.3. The smallest absolute Gasteiger partial charge is 0.0270 e. The van der Waals surface area contributed by atoms with Crippen LogP contribution >= 0.6 is 0 Å². The van der Waals surface area contributed by atoms with E-state index in [1.807, 2.05) is 12.4 Å². The van der Waals surface area contributed by atoms with Gasteiger partial charge in [0.25, 0.3) is 0 Å². The van der Waals surface area contributed by atoms with Gasteiger partial charge < -0.3 is 5.32 Å². The summed E-state index contributed by atoms with van der Waals surface area (Å²) in [6, 6.07) is 4.90. The third kappa shape index (κ3) is 3.29. The average molecular weight is 232 g/mol. The molecular formula is C15H24N2. The van der Waals surface area contributed by atoms with Crippen molar-refractivity contribution in [1.29, 1.82) is 0 Å². The van der Waals surface area contributed by atoms with Gasteiger partial charge in [-0.2, -0.15) is 0 Å². The predicted molar refractivity (Wildman–Crippen MR) is 71.9 cm³/mol. The van der Waals surface area contributed by atoms with E-state index in [1.54, 1.807) is 0 Å². The van der Waals surface area contributed by atoms with Crippen LogP contribution < -0.4 is 5.32 Å². The molecule has 0 radical (unpaired) electrons. The fourth-order valence-corrected chi connectivity index (χ4v) is 2.65. The van der Waals surface area contributed by atoms with E-state index >= 15 is 0 Å². The molecular weight excluding hydrogens is 208 g/mol. The zero-order valence-electron chi connectivity index (χ0n) is 11.2. The molecule has 0 saturated heterocycles. The summed E-state index contributed by atoms with van der Waals surface area (Å²) in [6.45, 7) is 8.12. The molecule has 1 aliphatic rings. The standard InChI is InChI=1S/C15H24N2/c1-4-7-17-14(13-11-15(13,2)3)10-12-5-8-16-9-6-12/h5-6,8-9,13-14,17H,4,7,10-11H2,1-3H3. The van der Waals surface area contributed by atoms with Crippen molar-refractivity contribution in [2.24, 2.45) is 11.3 Å². The quantitative estimate of drug-likeness (QED) is 0.815. The minimum absolute atomic E-state index is 0.540. The van der Waals surface area contributed by atoms with E-state index < -0.39 is 0 Å². The molecule has 1 N–H and O–H groups in total. The molecule has 0 spiro atoms. The number of nitrogens with zero attached hydrogens (tertiary/aromatic N) is 1. The SMILES string of the molecule is CCCNC(Cc1ccncc1)C1CC1(C)C. The Hall–Kier alpha value is -0.890. The molecule has 1 heterocycles. The summed E-state index contributed by atoms with van der Waals surface area (Å²) in [6.07, 6.45) is 7.49. The Morgan fingerprint density at radius 3 is 2.59 bits per heavy atom. The van der Waals surface area contributed by atoms with E-state index in [2.05, 4.69) is 43.2 Å². The van der Waals surface area contributed by atoms with Gasteiger partial charge in [-0.3, -0.25) is 4.98 Å². The van der Waals surface area contributed by atoms with Crippen molar-refractivity contribution in [2.45, 2.75) is 46.1 Å². The summed E-state index contributed by atoms with van der Waals surface area (Å²) in [5.41, 5.74) is 1.94. The Labute approximate surface area is 105 Å². The number of hydrogen-bond donors (Lipinski definition) is 1. The highest BCUT2D eigenvalue weighted by atomic mass is 14.9. The second-order valence-corrected chi connectivity index (χ2v) is 5.92. The normalized spacial score (nSPS) is 23.4. The summed E-state index contributed by atoms with van der Waals surface area (Å²) in [5, 5.41) is 3.72. The molecule has 2 unspecified atom stereocenters. The van der Waals surface area contributed by atoms with E-state index in [0.29, 0.717) is 11.5 Å². The first-order chi connectivity index (χ1) is 8.13. The van der Waals surface area contributed by atoms with Crippen molar-refractivity contribution in [3.05, 3.63) is 30.1 Å². The summed E-state index contributed by atoms with van der Waals surface area (Å²) >= 11 is 0. The Kier molecular flexibility index (Phi) is 3.82. The number of rotatable bonds is 6. The summed E-state index contributed by atoms with van der Waals surface area (Å²) in [5.74, 6) is 0.835. The second kappa shape index (κ2) is 5.18. The topological polar surface area (TPSA) is 24.9 Å². The van der Waals surface area contributed by atoms with Gasteiger partial charge in [0.05, 0.1) is 0 Å². The van der Waals surface area contributed by atoms with Crippen LogP contribution in [0.15, 0.2) is 24.5 Å². The minimum atomic E-state index is 0.540. The van der Waals surface area contributed by atoms with Crippen LogP contribution in [0, 0.1) is 11.3 Å². The Morgan fingerprint density at radius 1 is 1.41 bits per heavy atom. The third-order valence-corrected chi connectivity index (χ3v) is 3.94. The van der Waals surface area contributed by atoms with Gasteiger partial charge in [-0.25, -0.2) is 0 Å². The van der Waals surface area contributed by atoms with Crippen LogP contribution in [0.3, 0.4) is 0 Å². The number of aromatic nitrogens is 1. The first-order valence-corrected chi connectivity index (χ1v) is 6.76. The van der Waals surface area contributed by atoms with Crippen molar-refractivity contribution in [3.8, 4) is 0 Å². The third-order valence-electron chi connectivity index (χ3n) is 3.94. The molecule has 1 aliphatic carbocycles. The van der Waals surface area contributed by atoms with Crippen LogP contribution in [0.5, 0.6) is 0 Å². The molecule has 0 bridgehead atoms. The van der Waals surface area contributed by atoms with Crippen molar-refractivity contribution >= 4 is 0 Å². The molecule has 94 valence electrons. The van der Waals surface area contributed by atoms with Crippen molar-refractivity contribution < 1.29 is 0 Å². The van der Waals surface area contributed by atoms with Crippen LogP contribution in [-0.4, -0.2) is 17.6 Å². The Morgan fingerprint density at radius 2 is 2.06 bits per heavy atom. The Balaban J connectivity index is 1.97. The van der Waals surface area contributed by atoms with E-state index in [0.717, 1.165) is 18.9 Å². The fourth-order valence-electron chi connectivity index (χ4n) is 2.65. The molecule has 0 amide bonds. The van der Waals surface area contributed by atoms with Gasteiger partial charge in [-0.1, -0.05) is 20.8 Å². The lowest BCUT2D eigenvalue weighted by atomic mass is 9.97. The monoisotopic (exact) mass is 232 g/mol. The lowest BCUT2D eigenvalue weighted by Crippen LogP contribution is -2.35. The molecule has 1 aromatic heterocycles. The summed E-state index contributed by atoms with van der Waals surface area (Å²) in [7, 11) is 0. The maximum atomic E-state index is 4.08. The molecule has 17 heavy (non-hydrogen) atoms. The molecule has 0 aromatic carbocycles. The van der Waals surface area contributed by atoms with E-state index in [9.17, 15) is 0 Å². The molecule has 2 rings (SSSR count). The van der Waals surface area contributed by atoms with Gasteiger partial charge in [0.2, 0.25) is 0 Å². The predicted octanol–water partition coefficient (Wildman–Crippen LogP) is 3.04. The minimum Gasteiger partial charge on any atom is -0.313 e.